The first-order valence-corrected chi connectivity index (χ1v) is 6.82. The monoisotopic (exact) mass is 390 g/mol. The quantitative estimate of drug-likeness (QED) is 0.576. The lowest BCUT2D eigenvalue weighted by Gasteiger charge is -2.09. The summed E-state index contributed by atoms with van der Waals surface area (Å²) in [5, 5.41) is 0.0888. The van der Waals surface area contributed by atoms with Crippen LogP contribution in [-0.4, -0.2) is 12.9 Å². The average molecular weight is 391 g/mol. The van der Waals surface area contributed by atoms with E-state index in [2.05, 4.69) is 22.6 Å². The number of benzene rings is 2. The van der Waals surface area contributed by atoms with E-state index in [0.717, 1.165) is 9.64 Å². The second-order valence-electron chi connectivity index (χ2n) is 3.80. The van der Waals surface area contributed by atoms with Crippen LogP contribution in [0.25, 0.3) is 0 Å². The van der Waals surface area contributed by atoms with Gasteiger partial charge in [-0.3, -0.25) is 4.79 Å². The molecule has 0 bridgehead atoms. The predicted octanol–water partition coefficient (Wildman–Crippen LogP) is 4.32. The minimum Gasteiger partial charge on any atom is -0.496 e. The zero-order valence-electron chi connectivity index (χ0n) is 9.91. The van der Waals surface area contributed by atoms with Crippen molar-refractivity contribution >= 4 is 40.0 Å². The fraction of sp³-hybridized carbons (Fsp3) is 0.0714. The fourth-order valence-corrected chi connectivity index (χ4v) is 2.42. The second-order valence-corrected chi connectivity index (χ2v) is 5.45. The zero-order chi connectivity index (χ0) is 14.0. The smallest absolute Gasteiger partial charge is 0.198 e. The standard InChI is InChI=1S/C14H9ClFIO2/c1-19-13-5-3-9(17)7-11(13)14(18)10-4-2-8(16)6-12(10)15/h2-7H,1H3. The highest BCUT2D eigenvalue weighted by Crippen LogP contribution is 2.27. The molecule has 0 radical (unpaired) electrons. The molecule has 2 rings (SSSR count). The third kappa shape index (κ3) is 3.06. The van der Waals surface area contributed by atoms with Gasteiger partial charge in [0.25, 0.3) is 0 Å². The zero-order valence-corrected chi connectivity index (χ0v) is 12.8. The Morgan fingerprint density at radius 1 is 1.21 bits per heavy atom. The number of carbonyl (C=O) groups excluding carboxylic acids is 1. The Kier molecular flexibility index (Phi) is 4.42. The van der Waals surface area contributed by atoms with Gasteiger partial charge in [0.15, 0.2) is 5.78 Å². The SMILES string of the molecule is COc1ccc(I)cc1C(=O)c1ccc(F)cc1Cl. The molecular formula is C14H9ClFIO2. The lowest BCUT2D eigenvalue weighted by molar-refractivity contribution is 0.103. The van der Waals surface area contributed by atoms with Gasteiger partial charge in [-0.25, -0.2) is 4.39 Å². The summed E-state index contributed by atoms with van der Waals surface area (Å²) in [5.74, 6) is -0.303. The molecule has 0 atom stereocenters. The van der Waals surface area contributed by atoms with Crippen LogP contribution in [0.15, 0.2) is 36.4 Å². The van der Waals surface area contributed by atoms with Gasteiger partial charge in [-0.05, 0) is 59.0 Å². The van der Waals surface area contributed by atoms with Crippen LogP contribution >= 0.6 is 34.2 Å². The van der Waals surface area contributed by atoms with Gasteiger partial charge in [0.2, 0.25) is 0 Å². The third-order valence-corrected chi connectivity index (χ3v) is 3.57. The largest absolute Gasteiger partial charge is 0.496 e. The molecule has 19 heavy (non-hydrogen) atoms. The van der Waals surface area contributed by atoms with E-state index in [1.54, 1.807) is 12.1 Å². The Bertz CT molecular complexity index is 643. The Labute approximate surface area is 128 Å². The van der Waals surface area contributed by atoms with Gasteiger partial charge < -0.3 is 4.74 Å². The van der Waals surface area contributed by atoms with Crippen LogP contribution in [0, 0.1) is 9.39 Å². The molecule has 2 aromatic carbocycles. The van der Waals surface area contributed by atoms with E-state index in [-0.39, 0.29) is 16.4 Å². The first-order valence-electron chi connectivity index (χ1n) is 5.36. The minimum atomic E-state index is -0.476. The maximum Gasteiger partial charge on any atom is 0.198 e. The van der Waals surface area contributed by atoms with Crippen molar-refractivity contribution in [2.75, 3.05) is 7.11 Å². The van der Waals surface area contributed by atoms with Crippen molar-refractivity contribution in [3.05, 3.63) is 61.9 Å². The van der Waals surface area contributed by atoms with Crippen LogP contribution in [0.1, 0.15) is 15.9 Å². The molecule has 98 valence electrons. The van der Waals surface area contributed by atoms with Crippen LogP contribution in [0.3, 0.4) is 0 Å². The van der Waals surface area contributed by atoms with Crippen LogP contribution < -0.4 is 4.74 Å². The molecule has 2 aromatic rings. The number of ether oxygens (including phenoxy) is 1. The number of methoxy groups -OCH3 is 1. The van der Waals surface area contributed by atoms with Crippen molar-refractivity contribution in [2.24, 2.45) is 0 Å². The first-order chi connectivity index (χ1) is 9.02. The second kappa shape index (κ2) is 5.88. The minimum absolute atomic E-state index is 0.0888. The number of ketones is 1. The lowest BCUT2D eigenvalue weighted by Crippen LogP contribution is -2.05. The number of rotatable bonds is 3. The molecule has 0 saturated carbocycles. The molecule has 0 aliphatic carbocycles. The van der Waals surface area contributed by atoms with E-state index in [1.807, 2.05) is 6.07 Å². The van der Waals surface area contributed by atoms with E-state index in [1.165, 1.54) is 19.2 Å². The summed E-state index contributed by atoms with van der Waals surface area (Å²) in [6, 6.07) is 8.96. The van der Waals surface area contributed by atoms with Gasteiger partial charge in [-0.2, -0.15) is 0 Å². The molecule has 0 aromatic heterocycles. The molecule has 5 heteroatoms. The van der Waals surface area contributed by atoms with Crippen molar-refractivity contribution in [3.63, 3.8) is 0 Å². The van der Waals surface area contributed by atoms with Gasteiger partial charge in [-0.1, -0.05) is 11.6 Å². The highest BCUT2D eigenvalue weighted by Gasteiger charge is 2.17. The summed E-state index contributed by atoms with van der Waals surface area (Å²) in [4.78, 5) is 12.4. The maximum atomic E-state index is 13.0. The lowest BCUT2D eigenvalue weighted by atomic mass is 10.0. The first kappa shape index (κ1) is 14.3. The van der Waals surface area contributed by atoms with Crippen LogP contribution in [0.4, 0.5) is 4.39 Å². The highest BCUT2D eigenvalue weighted by atomic mass is 127. The summed E-state index contributed by atoms with van der Waals surface area (Å²) >= 11 is 8.01. The molecule has 0 aliphatic rings. The van der Waals surface area contributed by atoms with Crippen molar-refractivity contribution in [1.82, 2.24) is 0 Å². The van der Waals surface area contributed by atoms with Crippen molar-refractivity contribution in [2.45, 2.75) is 0 Å². The van der Waals surface area contributed by atoms with E-state index in [9.17, 15) is 9.18 Å². The van der Waals surface area contributed by atoms with Crippen molar-refractivity contribution in [3.8, 4) is 5.75 Å². The van der Waals surface area contributed by atoms with Gasteiger partial charge in [0.05, 0.1) is 17.7 Å². The van der Waals surface area contributed by atoms with Crippen LogP contribution in [0.2, 0.25) is 5.02 Å². The fourth-order valence-electron chi connectivity index (χ4n) is 1.68. The summed E-state index contributed by atoms with van der Waals surface area (Å²) in [6.07, 6.45) is 0. The predicted molar refractivity (Wildman–Crippen MR) is 80.6 cm³/mol. The van der Waals surface area contributed by atoms with E-state index in [0.29, 0.717) is 11.3 Å². The van der Waals surface area contributed by atoms with Crippen molar-refractivity contribution < 1.29 is 13.9 Å². The summed E-state index contributed by atoms with van der Waals surface area (Å²) < 4.78 is 19.1. The summed E-state index contributed by atoms with van der Waals surface area (Å²) in [6.45, 7) is 0. The van der Waals surface area contributed by atoms with E-state index < -0.39 is 5.82 Å². The summed E-state index contributed by atoms with van der Waals surface area (Å²) in [7, 11) is 1.49. The molecule has 0 aliphatic heterocycles. The molecule has 0 unspecified atom stereocenters. The summed E-state index contributed by atoms with van der Waals surface area (Å²) in [5.41, 5.74) is 0.659. The molecule has 0 heterocycles. The number of hydrogen-bond acceptors (Lipinski definition) is 2. The van der Waals surface area contributed by atoms with E-state index in [4.69, 9.17) is 16.3 Å². The van der Waals surface area contributed by atoms with Gasteiger partial charge in [-0.15, -0.1) is 0 Å². The van der Waals surface area contributed by atoms with Crippen LogP contribution in [-0.2, 0) is 0 Å². The Morgan fingerprint density at radius 2 is 1.95 bits per heavy atom. The molecule has 0 spiro atoms. The van der Waals surface area contributed by atoms with Gasteiger partial charge in [0, 0.05) is 9.13 Å². The molecule has 2 nitrogen and oxygen atoms in total. The molecule has 0 fully saturated rings. The molecule has 0 saturated heterocycles. The van der Waals surface area contributed by atoms with Crippen LogP contribution in [0.5, 0.6) is 5.75 Å². The highest BCUT2D eigenvalue weighted by molar-refractivity contribution is 14.1. The normalized spacial score (nSPS) is 10.3. The Hall–Kier alpha value is -1.14. The van der Waals surface area contributed by atoms with Gasteiger partial charge in [0.1, 0.15) is 11.6 Å². The average Bonchev–Trinajstić information content (AvgIpc) is 2.38. The molecule has 0 N–H and O–H groups in total. The molecule has 0 amide bonds. The maximum absolute atomic E-state index is 13.0. The topological polar surface area (TPSA) is 26.3 Å². The third-order valence-electron chi connectivity index (χ3n) is 2.58. The van der Waals surface area contributed by atoms with Crippen molar-refractivity contribution in [1.29, 1.82) is 0 Å². The Balaban J connectivity index is 2.52. The van der Waals surface area contributed by atoms with Gasteiger partial charge >= 0.3 is 0 Å². The number of hydrogen-bond donors (Lipinski definition) is 0. The number of halogens is 3. The number of carbonyl (C=O) groups is 1. The Morgan fingerprint density at radius 3 is 2.58 bits per heavy atom. The van der Waals surface area contributed by atoms with E-state index >= 15 is 0 Å². The molecular weight excluding hydrogens is 382 g/mol.